The van der Waals surface area contributed by atoms with Crippen LogP contribution in [-0.4, -0.2) is 49.4 Å². The van der Waals surface area contributed by atoms with E-state index in [0.717, 1.165) is 0 Å². The van der Waals surface area contributed by atoms with E-state index in [-0.39, 0.29) is 11.9 Å². The number of H-pyrrole nitrogens is 1. The van der Waals surface area contributed by atoms with Crippen molar-refractivity contribution in [2.24, 2.45) is 0 Å². The van der Waals surface area contributed by atoms with E-state index in [2.05, 4.69) is 15.3 Å². The van der Waals surface area contributed by atoms with Gasteiger partial charge in [0, 0.05) is 27.4 Å². The van der Waals surface area contributed by atoms with Crippen molar-refractivity contribution in [3.05, 3.63) is 88.4 Å². The predicted octanol–water partition coefficient (Wildman–Crippen LogP) is 4.79. The van der Waals surface area contributed by atoms with E-state index in [0.29, 0.717) is 38.4 Å². The summed E-state index contributed by atoms with van der Waals surface area (Å²) in [7, 11) is 0. The van der Waals surface area contributed by atoms with Gasteiger partial charge < -0.3 is 20.3 Å². The maximum Gasteiger partial charge on any atom is 0.490 e. The number of anilines is 2. The van der Waals surface area contributed by atoms with Crippen molar-refractivity contribution in [2.75, 3.05) is 10.2 Å². The number of carboxylic acid groups (broad SMARTS) is 2. The molecule has 0 spiro atoms. The second-order valence-electron chi connectivity index (χ2n) is 7.89. The molecule has 14 heteroatoms. The van der Waals surface area contributed by atoms with Gasteiger partial charge in [-0.05, 0) is 36.4 Å². The summed E-state index contributed by atoms with van der Waals surface area (Å²) in [5, 5.41) is 30.6. The Kier molecular flexibility index (Phi) is 6.74. The van der Waals surface area contributed by atoms with Gasteiger partial charge in [0.15, 0.2) is 5.72 Å². The lowest BCUT2D eigenvalue weighted by molar-refractivity contribution is -0.192. The molecule has 1 aliphatic heterocycles. The summed E-state index contributed by atoms with van der Waals surface area (Å²) in [6, 6.07) is 18.5. The van der Waals surface area contributed by atoms with Crippen molar-refractivity contribution in [1.82, 2.24) is 9.97 Å². The molecular weight excluding hydrogens is 533 g/mol. The number of fused-ring (bicyclic) bond motifs is 2. The molecule has 3 aromatic carbocycles. The van der Waals surface area contributed by atoms with Gasteiger partial charge >= 0.3 is 18.2 Å². The Hall–Kier alpha value is -4.62. The predicted molar refractivity (Wildman–Crippen MR) is 129 cm³/mol. The van der Waals surface area contributed by atoms with E-state index in [4.69, 9.17) is 26.6 Å². The van der Waals surface area contributed by atoms with Gasteiger partial charge in [-0.2, -0.15) is 13.2 Å². The molecule has 1 aliphatic rings. The van der Waals surface area contributed by atoms with Crippen LogP contribution in [0.5, 0.6) is 0 Å². The highest BCUT2D eigenvalue weighted by atomic mass is 35.5. The van der Waals surface area contributed by atoms with Crippen LogP contribution in [0.4, 0.5) is 29.6 Å². The number of imidazole rings is 1. The van der Waals surface area contributed by atoms with E-state index in [9.17, 15) is 27.9 Å². The number of amides is 2. The van der Waals surface area contributed by atoms with Gasteiger partial charge in [-0.15, -0.1) is 0 Å². The molecule has 0 aliphatic carbocycles. The minimum Gasteiger partial charge on any atom is -0.475 e. The van der Waals surface area contributed by atoms with Gasteiger partial charge in [-0.25, -0.2) is 14.6 Å². The van der Waals surface area contributed by atoms with Crippen LogP contribution in [-0.2, 0) is 10.5 Å². The number of rotatable bonds is 3. The summed E-state index contributed by atoms with van der Waals surface area (Å²) in [6.07, 6.45) is -6.33. The topological polar surface area (TPSA) is 156 Å². The fourth-order valence-corrected chi connectivity index (χ4v) is 4.13. The lowest BCUT2D eigenvalue weighted by atomic mass is 9.93. The van der Waals surface area contributed by atoms with Crippen molar-refractivity contribution in [3.8, 4) is 0 Å². The summed E-state index contributed by atoms with van der Waals surface area (Å²) in [5.41, 5.74) is 0.823. The van der Waals surface area contributed by atoms with Crippen LogP contribution in [0.15, 0.2) is 66.7 Å². The number of carbonyl (C=O) groups excluding carboxylic acids is 1. The van der Waals surface area contributed by atoms with Crippen molar-refractivity contribution < 1.29 is 42.9 Å². The van der Waals surface area contributed by atoms with Crippen LogP contribution in [0, 0.1) is 0 Å². The third-order valence-corrected chi connectivity index (χ3v) is 5.71. The fourth-order valence-electron chi connectivity index (χ4n) is 3.95. The highest BCUT2D eigenvalue weighted by molar-refractivity contribution is 6.31. The van der Waals surface area contributed by atoms with Crippen molar-refractivity contribution in [2.45, 2.75) is 11.9 Å². The lowest BCUT2D eigenvalue weighted by Gasteiger charge is -2.35. The number of halogens is 4. The highest BCUT2D eigenvalue weighted by Crippen LogP contribution is 2.45. The molecule has 1 atom stereocenters. The maximum atomic E-state index is 13.3. The first kappa shape index (κ1) is 26.4. The molecule has 0 saturated heterocycles. The largest absolute Gasteiger partial charge is 0.490 e. The zero-order chi connectivity index (χ0) is 27.8. The number of alkyl halides is 3. The van der Waals surface area contributed by atoms with Crippen molar-refractivity contribution in [1.29, 1.82) is 0 Å². The Balaban J connectivity index is 0.000000426. The Morgan fingerprint density at radius 2 is 1.71 bits per heavy atom. The molecule has 38 heavy (non-hydrogen) atoms. The average Bonchev–Trinajstić information content (AvgIpc) is 3.34. The van der Waals surface area contributed by atoms with E-state index in [1.807, 2.05) is 0 Å². The van der Waals surface area contributed by atoms with Gasteiger partial charge in [-0.1, -0.05) is 41.9 Å². The normalized spacial score (nSPS) is 16.6. The molecule has 5 rings (SSSR count). The van der Waals surface area contributed by atoms with Crippen molar-refractivity contribution >= 4 is 52.2 Å². The average molecular weight is 549 g/mol. The van der Waals surface area contributed by atoms with Crippen LogP contribution in [0.25, 0.3) is 11.0 Å². The second kappa shape index (κ2) is 9.68. The van der Waals surface area contributed by atoms with E-state index in [1.165, 1.54) is 4.90 Å². The van der Waals surface area contributed by atoms with Gasteiger partial charge in [0.25, 0.3) is 5.91 Å². The van der Waals surface area contributed by atoms with Gasteiger partial charge in [0.1, 0.15) is 0 Å². The standard InChI is InChI=1S/C22H15ClN4O4.C2HF3O2/c23-13-4-3-5-14(11-13)27-19(28)15-6-1-2-7-16(15)22(27,31)12-8-9-17-18(10-12)25-20(24-17)26-21(29)30;3-2(4,5)1(6)7/h1-11,31H,(H,29,30)(H2,24,25,26);(H,6,7). The smallest absolute Gasteiger partial charge is 0.475 e. The number of hydrogen-bond donors (Lipinski definition) is 5. The molecule has 1 unspecified atom stereocenters. The molecule has 196 valence electrons. The molecule has 2 amide bonds. The molecular formula is C24H16ClF3N4O6. The lowest BCUT2D eigenvalue weighted by Crippen LogP contribution is -2.45. The Labute approximate surface area is 215 Å². The first-order valence-electron chi connectivity index (χ1n) is 10.5. The van der Waals surface area contributed by atoms with Crippen LogP contribution in [0.2, 0.25) is 5.02 Å². The molecule has 0 radical (unpaired) electrons. The number of nitrogens with zero attached hydrogens (tertiary/aromatic N) is 2. The summed E-state index contributed by atoms with van der Waals surface area (Å²) < 4.78 is 31.7. The zero-order valence-corrected chi connectivity index (χ0v) is 19.6. The van der Waals surface area contributed by atoms with E-state index >= 15 is 0 Å². The number of carboxylic acids is 1. The molecule has 0 fully saturated rings. The van der Waals surface area contributed by atoms with Gasteiger partial charge in [-0.3, -0.25) is 15.0 Å². The first-order chi connectivity index (χ1) is 17.8. The Bertz CT molecular complexity index is 1570. The second-order valence-corrected chi connectivity index (χ2v) is 8.33. The SMILES string of the molecule is O=C(O)C(F)(F)F.O=C(O)Nc1nc2cc(C3(O)c4ccccc4C(=O)N3c3cccc(Cl)c3)ccc2[nH]1. The minimum absolute atomic E-state index is 0.0567. The quantitative estimate of drug-likeness (QED) is 0.246. The Morgan fingerprint density at radius 3 is 2.34 bits per heavy atom. The molecule has 2 heterocycles. The molecule has 0 bridgehead atoms. The van der Waals surface area contributed by atoms with Crippen LogP contribution in [0.3, 0.4) is 0 Å². The fraction of sp³-hybridized carbons (Fsp3) is 0.0833. The monoisotopic (exact) mass is 548 g/mol. The van der Waals surface area contributed by atoms with Crippen LogP contribution >= 0.6 is 11.6 Å². The molecule has 0 saturated carbocycles. The molecule has 1 aromatic heterocycles. The van der Waals surface area contributed by atoms with Gasteiger partial charge in [0.05, 0.1) is 11.0 Å². The van der Waals surface area contributed by atoms with Crippen LogP contribution in [0.1, 0.15) is 21.5 Å². The number of carbonyl (C=O) groups is 3. The first-order valence-corrected chi connectivity index (χ1v) is 10.9. The third kappa shape index (κ3) is 4.84. The molecule has 10 nitrogen and oxygen atoms in total. The molecule has 4 aromatic rings. The van der Waals surface area contributed by atoms with E-state index < -0.39 is 24.0 Å². The summed E-state index contributed by atoms with van der Waals surface area (Å²) in [4.78, 5) is 41.5. The minimum atomic E-state index is -5.08. The number of aromatic nitrogens is 2. The zero-order valence-electron chi connectivity index (χ0n) is 18.8. The number of hydrogen-bond acceptors (Lipinski definition) is 5. The number of aromatic amines is 1. The summed E-state index contributed by atoms with van der Waals surface area (Å²) in [5.74, 6) is -3.07. The Morgan fingerprint density at radius 1 is 1.03 bits per heavy atom. The highest BCUT2D eigenvalue weighted by Gasteiger charge is 2.50. The van der Waals surface area contributed by atoms with Gasteiger partial charge in [0.2, 0.25) is 5.95 Å². The number of nitrogens with one attached hydrogen (secondary N) is 2. The van der Waals surface area contributed by atoms with Crippen molar-refractivity contribution in [3.63, 3.8) is 0 Å². The molecule has 5 N–H and O–H groups in total. The summed E-state index contributed by atoms with van der Waals surface area (Å²) >= 11 is 6.16. The number of aliphatic carboxylic acids is 1. The number of benzene rings is 3. The van der Waals surface area contributed by atoms with Crippen LogP contribution < -0.4 is 10.2 Å². The third-order valence-electron chi connectivity index (χ3n) is 5.48. The maximum absolute atomic E-state index is 13.3. The van der Waals surface area contributed by atoms with E-state index in [1.54, 1.807) is 66.7 Å². The summed E-state index contributed by atoms with van der Waals surface area (Å²) in [6.45, 7) is 0. The number of aliphatic hydroxyl groups is 1.